The lowest BCUT2D eigenvalue weighted by atomic mass is 10.1. The van der Waals surface area contributed by atoms with Crippen LogP contribution in [0.1, 0.15) is 17.4 Å². The number of nitrogen functional groups attached to an aromatic ring is 1. The summed E-state index contributed by atoms with van der Waals surface area (Å²) in [6.07, 6.45) is 0. The second kappa shape index (κ2) is 4.89. The van der Waals surface area contributed by atoms with E-state index in [9.17, 15) is 4.79 Å². The number of rotatable bonds is 2. The molecule has 1 aliphatic heterocycles. The van der Waals surface area contributed by atoms with E-state index in [2.05, 4.69) is 22.0 Å². The van der Waals surface area contributed by atoms with Crippen LogP contribution in [0.4, 0.5) is 5.82 Å². The molecule has 0 aliphatic carbocycles. The summed E-state index contributed by atoms with van der Waals surface area (Å²) in [7, 11) is 4.08. The fraction of sp³-hybridized carbons (Fsp3) is 0.583. The van der Waals surface area contributed by atoms with Crippen LogP contribution in [0.5, 0.6) is 0 Å². The van der Waals surface area contributed by atoms with Gasteiger partial charge in [-0.15, -0.1) is 10.2 Å². The summed E-state index contributed by atoms with van der Waals surface area (Å²) < 4.78 is 0. The van der Waals surface area contributed by atoms with Crippen molar-refractivity contribution in [3.8, 4) is 0 Å². The zero-order valence-corrected chi connectivity index (χ0v) is 11.0. The van der Waals surface area contributed by atoms with Crippen molar-refractivity contribution in [3.05, 3.63) is 17.8 Å². The molecule has 6 heteroatoms. The second-order valence-electron chi connectivity index (χ2n) is 5.06. The molecule has 0 aromatic carbocycles. The van der Waals surface area contributed by atoms with E-state index in [0.29, 0.717) is 23.5 Å². The Morgan fingerprint density at radius 1 is 1.39 bits per heavy atom. The Kier molecular flexibility index (Phi) is 3.47. The zero-order valence-electron chi connectivity index (χ0n) is 11.0. The van der Waals surface area contributed by atoms with Gasteiger partial charge < -0.3 is 15.5 Å². The zero-order chi connectivity index (χ0) is 13.3. The molecular formula is C12H19N5O. The third kappa shape index (κ3) is 2.43. The molecule has 0 radical (unpaired) electrons. The molecule has 2 N–H and O–H groups in total. The quantitative estimate of drug-likeness (QED) is 0.803. The highest BCUT2D eigenvalue weighted by atomic mass is 16.2. The van der Waals surface area contributed by atoms with Gasteiger partial charge >= 0.3 is 0 Å². The van der Waals surface area contributed by atoms with E-state index in [0.717, 1.165) is 13.1 Å². The van der Waals surface area contributed by atoms with Crippen molar-refractivity contribution in [2.45, 2.75) is 13.0 Å². The average Bonchev–Trinajstić information content (AvgIpc) is 2.71. The van der Waals surface area contributed by atoms with Crippen molar-refractivity contribution in [1.82, 2.24) is 20.0 Å². The lowest BCUT2D eigenvalue weighted by molar-refractivity contribution is 0.0774. The summed E-state index contributed by atoms with van der Waals surface area (Å²) >= 11 is 0. The predicted molar refractivity (Wildman–Crippen MR) is 69.0 cm³/mol. The minimum absolute atomic E-state index is 0.0706. The van der Waals surface area contributed by atoms with E-state index in [-0.39, 0.29) is 5.91 Å². The Bertz CT molecular complexity index is 431. The Hall–Kier alpha value is -1.69. The van der Waals surface area contributed by atoms with E-state index < -0.39 is 0 Å². The van der Waals surface area contributed by atoms with Gasteiger partial charge in [0.15, 0.2) is 5.69 Å². The van der Waals surface area contributed by atoms with Crippen LogP contribution in [0.25, 0.3) is 0 Å². The maximum Gasteiger partial charge on any atom is 0.274 e. The number of nitrogens with zero attached hydrogens (tertiary/aromatic N) is 4. The summed E-state index contributed by atoms with van der Waals surface area (Å²) in [5.41, 5.74) is 5.82. The van der Waals surface area contributed by atoms with Crippen LogP contribution >= 0.6 is 0 Å². The molecule has 0 bridgehead atoms. The largest absolute Gasteiger partial charge is 0.382 e. The number of carbonyl (C=O) groups excluding carboxylic acids is 1. The van der Waals surface area contributed by atoms with E-state index in [1.807, 2.05) is 19.0 Å². The molecule has 1 aliphatic rings. The fourth-order valence-corrected chi connectivity index (χ4v) is 2.41. The van der Waals surface area contributed by atoms with Gasteiger partial charge in [0, 0.05) is 19.1 Å². The first-order valence-electron chi connectivity index (χ1n) is 6.04. The Labute approximate surface area is 107 Å². The van der Waals surface area contributed by atoms with Crippen molar-refractivity contribution in [2.75, 3.05) is 32.9 Å². The molecule has 0 saturated carbocycles. The summed E-state index contributed by atoms with van der Waals surface area (Å²) in [4.78, 5) is 16.2. The van der Waals surface area contributed by atoms with Gasteiger partial charge in [-0.25, -0.2) is 0 Å². The summed E-state index contributed by atoms with van der Waals surface area (Å²) in [5.74, 6) is 0.719. The lowest BCUT2D eigenvalue weighted by Crippen LogP contribution is -2.36. The molecular weight excluding hydrogens is 230 g/mol. The van der Waals surface area contributed by atoms with Gasteiger partial charge in [-0.1, -0.05) is 6.92 Å². The molecule has 2 heterocycles. The highest BCUT2D eigenvalue weighted by molar-refractivity contribution is 5.92. The Balaban J connectivity index is 2.09. The number of amides is 1. The summed E-state index contributed by atoms with van der Waals surface area (Å²) in [6.45, 7) is 3.65. The number of anilines is 1. The monoisotopic (exact) mass is 249 g/mol. The molecule has 2 unspecified atom stereocenters. The highest BCUT2D eigenvalue weighted by Crippen LogP contribution is 2.21. The molecule has 1 amide bonds. The number of hydrogen-bond donors (Lipinski definition) is 1. The van der Waals surface area contributed by atoms with E-state index in [1.54, 1.807) is 12.1 Å². The number of nitrogens with two attached hydrogens (primary N) is 1. The predicted octanol–water partition coefficient (Wildman–Crippen LogP) is 0.0809. The van der Waals surface area contributed by atoms with Gasteiger partial charge in [-0.3, -0.25) is 4.79 Å². The van der Waals surface area contributed by atoms with Crippen LogP contribution in [0.15, 0.2) is 12.1 Å². The highest BCUT2D eigenvalue weighted by Gasteiger charge is 2.34. The van der Waals surface area contributed by atoms with E-state index >= 15 is 0 Å². The SMILES string of the molecule is CC1CN(C(=O)c2ccc(N)nn2)CC1N(C)C. The van der Waals surface area contributed by atoms with Gasteiger partial charge in [-0.2, -0.15) is 0 Å². The first kappa shape index (κ1) is 12.8. The van der Waals surface area contributed by atoms with Crippen molar-refractivity contribution < 1.29 is 4.79 Å². The molecule has 6 nitrogen and oxygen atoms in total. The minimum atomic E-state index is -0.0706. The lowest BCUT2D eigenvalue weighted by Gasteiger charge is -2.22. The van der Waals surface area contributed by atoms with Gasteiger partial charge in [-0.05, 0) is 32.1 Å². The minimum Gasteiger partial charge on any atom is -0.382 e. The average molecular weight is 249 g/mol. The van der Waals surface area contributed by atoms with Gasteiger partial charge in [0.1, 0.15) is 5.82 Å². The molecule has 1 saturated heterocycles. The van der Waals surface area contributed by atoms with Crippen LogP contribution < -0.4 is 5.73 Å². The van der Waals surface area contributed by atoms with Gasteiger partial charge in [0.2, 0.25) is 0 Å². The van der Waals surface area contributed by atoms with Crippen LogP contribution in [0, 0.1) is 5.92 Å². The normalized spacial score (nSPS) is 23.7. The number of likely N-dealkylation sites (tertiary alicyclic amines) is 1. The van der Waals surface area contributed by atoms with Crippen molar-refractivity contribution in [1.29, 1.82) is 0 Å². The maximum absolute atomic E-state index is 12.2. The molecule has 0 spiro atoms. The fourth-order valence-electron chi connectivity index (χ4n) is 2.41. The smallest absolute Gasteiger partial charge is 0.274 e. The summed E-state index contributed by atoms with van der Waals surface area (Å²) in [6, 6.07) is 3.62. The van der Waals surface area contributed by atoms with Crippen LogP contribution in [0.3, 0.4) is 0 Å². The third-order valence-electron chi connectivity index (χ3n) is 3.43. The molecule has 2 rings (SSSR count). The number of carbonyl (C=O) groups is 1. The third-order valence-corrected chi connectivity index (χ3v) is 3.43. The Morgan fingerprint density at radius 3 is 2.61 bits per heavy atom. The summed E-state index contributed by atoms with van der Waals surface area (Å²) in [5, 5.41) is 7.55. The number of likely N-dealkylation sites (N-methyl/N-ethyl adjacent to an activating group) is 1. The topological polar surface area (TPSA) is 75.3 Å². The van der Waals surface area contributed by atoms with E-state index in [4.69, 9.17) is 5.73 Å². The maximum atomic E-state index is 12.2. The number of hydrogen-bond acceptors (Lipinski definition) is 5. The molecule has 2 atom stereocenters. The van der Waals surface area contributed by atoms with Crippen LogP contribution in [0.2, 0.25) is 0 Å². The first-order chi connectivity index (χ1) is 8.49. The second-order valence-corrected chi connectivity index (χ2v) is 5.06. The van der Waals surface area contributed by atoms with E-state index in [1.165, 1.54) is 0 Å². The van der Waals surface area contributed by atoms with Crippen molar-refractivity contribution in [3.63, 3.8) is 0 Å². The molecule has 98 valence electrons. The molecule has 1 aromatic heterocycles. The standard InChI is InChI=1S/C12H19N5O/c1-8-6-17(7-10(8)16(2)3)12(18)9-4-5-11(13)15-14-9/h4-5,8,10H,6-7H2,1-3H3,(H2,13,15). The first-order valence-corrected chi connectivity index (χ1v) is 6.04. The Morgan fingerprint density at radius 2 is 2.11 bits per heavy atom. The van der Waals surface area contributed by atoms with Gasteiger partial charge in [0.25, 0.3) is 5.91 Å². The van der Waals surface area contributed by atoms with Crippen LogP contribution in [-0.2, 0) is 0 Å². The molecule has 1 aromatic rings. The van der Waals surface area contributed by atoms with Crippen molar-refractivity contribution in [2.24, 2.45) is 5.92 Å². The number of aromatic nitrogens is 2. The molecule has 1 fully saturated rings. The molecule has 18 heavy (non-hydrogen) atoms. The van der Waals surface area contributed by atoms with Gasteiger partial charge in [0.05, 0.1) is 0 Å². The van der Waals surface area contributed by atoms with Crippen LogP contribution in [-0.4, -0.2) is 59.1 Å². The van der Waals surface area contributed by atoms with Crippen molar-refractivity contribution >= 4 is 11.7 Å².